The van der Waals surface area contributed by atoms with Crippen LogP contribution < -0.4 is 15.4 Å². The normalized spacial score (nSPS) is 32.7. The molecule has 2 heterocycles. The summed E-state index contributed by atoms with van der Waals surface area (Å²) >= 11 is 0. The predicted octanol–water partition coefficient (Wildman–Crippen LogP) is 1.18. The third-order valence-electron chi connectivity index (χ3n) is 3.90. The van der Waals surface area contributed by atoms with Crippen LogP contribution in [-0.2, 0) is 0 Å². The van der Waals surface area contributed by atoms with Crippen molar-refractivity contribution in [3.63, 3.8) is 0 Å². The van der Waals surface area contributed by atoms with Crippen LogP contribution in [0.4, 0.5) is 0 Å². The lowest BCUT2D eigenvalue weighted by atomic mass is 9.90. The molecule has 3 atom stereocenters. The Balaban J connectivity index is 1.81. The van der Waals surface area contributed by atoms with E-state index < -0.39 is 0 Å². The van der Waals surface area contributed by atoms with E-state index in [4.69, 9.17) is 4.74 Å². The van der Waals surface area contributed by atoms with Crippen molar-refractivity contribution in [1.82, 2.24) is 10.6 Å². The molecule has 0 aromatic heterocycles. The van der Waals surface area contributed by atoms with Gasteiger partial charge in [0.25, 0.3) is 0 Å². The number of hydrogen-bond donors (Lipinski definition) is 2. The van der Waals surface area contributed by atoms with Crippen molar-refractivity contribution in [1.29, 1.82) is 0 Å². The van der Waals surface area contributed by atoms with Crippen molar-refractivity contribution < 1.29 is 4.74 Å². The highest BCUT2D eigenvalue weighted by atomic mass is 16.5. The summed E-state index contributed by atoms with van der Waals surface area (Å²) in [6.07, 6.45) is 0. The molecule has 0 spiro atoms. The molecule has 0 amide bonds. The maximum Gasteiger partial charge on any atom is 0.118 e. The summed E-state index contributed by atoms with van der Waals surface area (Å²) in [6.45, 7) is 3.47. The fourth-order valence-corrected chi connectivity index (χ4v) is 2.97. The summed E-state index contributed by atoms with van der Waals surface area (Å²) in [5, 5.41) is 7.11. The van der Waals surface area contributed by atoms with Crippen molar-refractivity contribution in [2.75, 3.05) is 26.7 Å². The molecule has 0 aliphatic carbocycles. The Labute approximate surface area is 96.2 Å². The molecule has 16 heavy (non-hydrogen) atoms. The van der Waals surface area contributed by atoms with Crippen molar-refractivity contribution in [3.8, 4) is 5.75 Å². The first kappa shape index (κ1) is 10.1. The van der Waals surface area contributed by atoms with E-state index in [1.54, 1.807) is 7.11 Å². The number of fused-ring (bicyclic) bond motifs is 1. The van der Waals surface area contributed by atoms with Gasteiger partial charge in [-0.05, 0) is 36.1 Å². The summed E-state index contributed by atoms with van der Waals surface area (Å²) in [5.74, 6) is 2.50. The highest BCUT2D eigenvalue weighted by Crippen LogP contribution is 2.36. The Morgan fingerprint density at radius 2 is 1.94 bits per heavy atom. The SMILES string of the molecule is COc1ccc([C@@H]2NC[C@@H]3CNC[C@@H]32)cc1. The van der Waals surface area contributed by atoms with Crippen LogP contribution in [0.3, 0.4) is 0 Å². The van der Waals surface area contributed by atoms with Crippen LogP contribution in [0.5, 0.6) is 5.75 Å². The molecule has 1 aromatic carbocycles. The highest BCUT2D eigenvalue weighted by molar-refractivity contribution is 5.30. The molecule has 86 valence electrons. The zero-order valence-electron chi connectivity index (χ0n) is 9.57. The Bertz CT molecular complexity index is 363. The molecule has 0 unspecified atom stereocenters. The Hall–Kier alpha value is -1.06. The van der Waals surface area contributed by atoms with E-state index in [-0.39, 0.29) is 0 Å². The van der Waals surface area contributed by atoms with Gasteiger partial charge in [-0.25, -0.2) is 0 Å². The van der Waals surface area contributed by atoms with Crippen molar-refractivity contribution >= 4 is 0 Å². The van der Waals surface area contributed by atoms with Gasteiger partial charge in [0.1, 0.15) is 5.75 Å². The second-order valence-corrected chi connectivity index (χ2v) is 4.74. The van der Waals surface area contributed by atoms with Crippen LogP contribution in [0.2, 0.25) is 0 Å². The summed E-state index contributed by atoms with van der Waals surface area (Å²) in [5.41, 5.74) is 1.39. The summed E-state index contributed by atoms with van der Waals surface area (Å²) in [7, 11) is 1.71. The van der Waals surface area contributed by atoms with Gasteiger partial charge in [0.05, 0.1) is 7.11 Å². The molecular formula is C13H18N2O. The number of hydrogen-bond acceptors (Lipinski definition) is 3. The molecule has 3 heteroatoms. The summed E-state index contributed by atoms with van der Waals surface area (Å²) < 4.78 is 5.19. The lowest BCUT2D eigenvalue weighted by Crippen LogP contribution is -2.23. The minimum atomic E-state index is 0.519. The Kier molecular flexibility index (Phi) is 2.58. The van der Waals surface area contributed by atoms with Gasteiger partial charge in [0.2, 0.25) is 0 Å². The van der Waals surface area contributed by atoms with E-state index in [0.29, 0.717) is 6.04 Å². The van der Waals surface area contributed by atoms with E-state index in [1.807, 2.05) is 12.1 Å². The maximum atomic E-state index is 5.19. The van der Waals surface area contributed by atoms with Gasteiger partial charge in [-0.15, -0.1) is 0 Å². The molecule has 2 aliphatic heterocycles. The fraction of sp³-hybridized carbons (Fsp3) is 0.538. The first-order valence-electron chi connectivity index (χ1n) is 5.96. The predicted molar refractivity (Wildman–Crippen MR) is 63.6 cm³/mol. The van der Waals surface area contributed by atoms with Crippen molar-refractivity contribution in [2.24, 2.45) is 11.8 Å². The molecular weight excluding hydrogens is 200 g/mol. The molecule has 0 bridgehead atoms. The van der Waals surface area contributed by atoms with Gasteiger partial charge in [0, 0.05) is 19.1 Å². The first-order chi connectivity index (χ1) is 7.88. The molecule has 2 fully saturated rings. The summed E-state index contributed by atoms with van der Waals surface area (Å²) in [6, 6.07) is 8.97. The lowest BCUT2D eigenvalue weighted by molar-refractivity contribution is 0.413. The smallest absolute Gasteiger partial charge is 0.118 e. The molecule has 2 N–H and O–H groups in total. The second kappa shape index (κ2) is 4.07. The molecule has 1 aromatic rings. The summed E-state index contributed by atoms with van der Waals surface area (Å²) in [4.78, 5) is 0. The number of methoxy groups -OCH3 is 1. The number of nitrogens with one attached hydrogen (secondary N) is 2. The topological polar surface area (TPSA) is 33.3 Å². The molecule has 3 rings (SSSR count). The average Bonchev–Trinajstić information content (AvgIpc) is 2.91. The van der Waals surface area contributed by atoms with Gasteiger partial charge < -0.3 is 15.4 Å². The minimum Gasteiger partial charge on any atom is -0.497 e. The number of benzene rings is 1. The van der Waals surface area contributed by atoms with Crippen LogP contribution in [0.15, 0.2) is 24.3 Å². The zero-order valence-corrected chi connectivity index (χ0v) is 9.57. The van der Waals surface area contributed by atoms with Gasteiger partial charge in [-0.1, -0.05) is 12.1 Å². The maximum absolute atomic E-state index is 5.19. The third-order valence-corrected chi connectivity index (χ3v) is 3.90. The number of ether oxygens (including phenoxy) is 1. The van der Waals surface area contributed by atoms with Gasteiger partial charge in [-0.3, -0.25) is 0 Å². The van der Waals surface area contributed by atoms with E-state index in [9.17, 15) is 0 Å². The van der Waals surface area contributed by atoms with Crippen molar-refractivity contribution in [2.45, 2.75) is 6.04 Å². The lowest BCUT2D eigenvalue weighted by Gasteiger charge is -2.18. The Morgan fingerprint density at radius 1 is 1.12 bits per heavy atom. The third kappa shape index (κ3) is 1.60. The van der Waals surface area contributed by atoms with E-state index >= 15 is 0 Å². The number of rotatable bonds is 2. The van der Waals surface area contributed by atoms with Gasteiger partial charge >= 0.3 is 0 Å². The van der Waals surface area contributed by atoms with Crippen LogP contribution in [-0.4, -0.2) is 26.7 Å². The Morgan fingerprint density at radius 3 is 2.69 bits per heavy atom. The quantitative estimate of drug-likeness (QED) is 0.782. The fourth-order valence-electron chi connectivity index (χ4n) is 2.97. The van der Waals surface area contributed by atoms with E-state index in [0.717, 1.165) is 30.7 Å². The van der Waals surface area contributed by atoms with Crippen molar-refractivity contribution in [3.05, 3.63) is 29.8 Å². The highest BCUT2D eigenvalue weighted by Gasteiger charge is 2.39. The molecule has 0 saturated carbocycles. The van der Waals surface area contributed by atoms with E-state index in [2.05, 4.69) is 22.8 Å². The first-order valence-corrected chi connectivity index (χ1v) is 5.96. The molecule has 0 radical (unpaired) electrons. The van der Waals surface area contributed by atoms with Crippen LogP contribution >= 0.6 is 0 Å². The monoisotopic (exact) mass is 218 g/mol. The zero-order chi connectivity index (χ0) is 11.0. The molecule has 2 aliphatic rings. The van der Waals surface area contributed by atoms with Crippen LogP contribution in [0.25, 0.3) is 0 Å². The average molecular weight is 218 g/mol. The van der Waals surface area contributed by atoms with Gasteiger partial charge in [0.15, 0.2) is 0 Å². The van der Waals surface area contributed by atoms with Gasteiger partial charge in [-0.2, -0.15) is 0 Å². The van der Waals surface area contributed by atoms with Crippen LogP contribution in [0, 0.1) is 11.8 Å². The molecule has 3 nitrogen and oxygen atoms in total. The second-order valence-electron chi connectivity index (χ2n) is 4.74. The standard InChI is InChI=1S/C13H18N2O/c1-16-11-4-2-9(3-5-11)13-12-8-14-6-10(12)7-15-13/h2-5,10,12-15H,6-8H2,1H3/t10-,12-,13-/m0/s1. The van der Waals surface area contributed by atoms with Crippen LogP contribution in [0.1, 0.15) is 11.6 Å². The van der Waals surface area contributed by atoms with E-state index in [1.165, 1.54) is 12.1 Å². The minimum absolute atomic E-state index is 0.519. The largest absolute Gasteiger partial charge is 0.497 e. The molecule has 2 saturated heterocycles.